The highest BCUT2D eigenvalue weighted by Crippen LogP contribution is 2.43. The van der Waals surface area contributed by atoms with Crippen LogP contribution >= 0.6 is 23.8 Å². The quantitative estimate of drug-likeness (QED) is 0.354. The molecule has 29 heavy (non-hydrogen) atoms. The smallest absolute Gasteiger partial charge is 0.226 e. The predicted octanol–water partition coefficient (Wildman–Crippen LogP) is 4.48. The van der Waals surface area contributed by atoms with Gasteiger partial charge in [0.05, 0.1) is 12.5 Å². The van der Waals surface area contributed by atoms with Crippen molar-refractivity contribution >= 4 is 51.6 Å². The highest BCUT2D eigenvalue weighted by atomic mass is 35.5. The Bertz CT molecular complexity index is 1110. The van der Waals surface area contributed by atoms with Crippen LogP contribution in [0.5, 0.6) is 5.75 Å². The standard InChI is InChI=1S/C21H22ClN5OS/c1-28-17-8-13(6-14(9-17)15(10-23)11-29)12-2-3-16(7-12)27-5-4-18-19(24)25-21(22)26-20(18)27/h4-6,8-12,16H,2-3,7,23H2,1H3,(H2,24,25,26)/b15-10+. The van der Waals surface area contributed by atoms with Gasteiger partial charge >= 0.3 is 0 Å². The molecular formula is C21H22ClN5OS. The Hall–Kier alpha value is -2.64. The summed E-state index contributed by atoms with van der Waals surface area (Å²) in [5.41, 5.74) is 15.5. The third-order valence-electron chi connectivity index (χ3n) is 5.65. The van der Waals surface area contributed by atoms with Crippen molar-refractivity contribution in [2.45, 2.75) is 31.2 Å². The van der Waals surface area contributed by atoms with Crippen molar-refractivity contribution < 1.29 is 4.74 Å². The molecule has 0 aliphatic heterocycles. The second kappa shape index (κ2) is 8.00. The molecule has 3 aromatic rings. The van der Waals surface area contributed by atoms with Gasteiger partial charge in [0.2, 0.25) is 5.28 Å². The van der Waals surface area contributed by atoms with Gasteiger partial charge in [-0.2, -0.15) is 4.98 Å². The molecule has 2 atom stereocenters. The van der Waals surface area contributed by atoms with Gasteiger partial charge in [-0.1, -0.05) is 18.3 Å². The average Bonchev–Trinajstić information content (AvgIpc) is 3.35. The van der Waals surface area contributed by atoms with Gasteiger partial charge in [0.25, 0.3) is 0 Å². The lowest BCUT2D eigenvalue weighted by molar-refractivity contribution is 0.413. The monoisotopic (exact) mass is 427 g/mol. The Morgan fingerprint density at radius 2 is 2.14 bits per heavy atom. The van der Waals surface area contributed by atoms with Gasteiger partial charge in [0.15, 0.2) is 0 Å². The zero-order chi connectivity index (χ0) is 20.5. The number of anilines is 1. The molecule has 1 saturated carbocycles. The molecule has 0 spiro atoms. The zero-order valence-electron chi connectivity index (χ0n) is 16.0. The van der Waals surface area contributed by atoms with Crippen molar-refractivity contribution in [1.29, 1.82) is 0 Å². The molecule has 4 N–H and O–H groups in total. The van der Waals surface area contributed by atoms with E-state index in [1.807, 2.05) is 18.3 Å². The predicted molar refractivity (Wildman–Crippen MR) is 121 cm³/mol. The van der Waals surface area contributed by atoms with E-state index >= 15 is 0 Å². The number of benzene rings is 1. The van der Waals surface area contributed by atoms with Crippen LogP contribution in [0.2, 0.25) is 5.28 Å². The number of rotatable bonds is 5. The van der Waals surface area contributed by atoms with E-state index in [-0.39, 0.29) is 5.28 Å². The number of nitrogens with two attached hydrogens (primary N) is 2. The first-order valence-corrected chi connectivity index (χ1v) is 10.2. The van der Waals surface area contributed by atoms with E-state index in [2.05, 4.69) is 26.7 Å². The van der Waals surface area contributed by atoms with Gasteiger partial charge in [0.1, 0.15) is 17.2 Å². The summed E-state index contributed by atoms with van der Waals surface area (Å²) < 4.78 is 7.68. The molecule has 1 aliphatic carbocycles. The molecule has 1 fully saturated rings. The van der Waals surface area contributed by atoms with Gasteiger partial charge in [-0.15, -0.1) is 0 Å². The number of halogens is 1. The Morgan fingerprint density at radius 3 is 2.86 bits per heavy atom. The molecule has 0 saturated heterocycles. The van der Waals surface area contributed by atoms with E-state index in [4.69, 9.17) is 40.0 Å². The SMILES string of the molecule is COc1cc(/C(C=S)=C/N)cc(C2CCC(n3ccc4c(N)nc(Cl)nc43)C2)c1. The highest BCUT2D eigenvalue weighted by Gasteiger charge is 2.29. The fourth-order valence-electron chi connectivity index (χ4n) is 4.18. The van der Waals surface area contributed by atoms with Crippen LogP contribution in [0, 0.1) is 0 Å². The summed E-state index contributed by atoms with van der Waals surface area (Å²) in [6, 6.07) is 8.47. The first kappa shape index (κ1) is 19.7. The fourth-order valence-corrected chi connectivity index (χ4v) is 4.57. The maximum absolute atomic E-state index is 6.04. The summed E-state index contributed by atoms with van der Waals surface area (Å²) in [4.78, 5) is 8.45. The minimum absolute atomic E-state index is 0.170. The summed E-state index contributed by atoms with van der Waals surface area (Å²) in [5, 5.41) is 2.60. The number of ether oxygens (including phenoxy) is 1. The van der Waals surface area contributed by atoms with Crippen LogP contribution < -0.4 is 16.2 Å². The fraction of sp³-hybridized carbons (Fsp3) is 0.286. The summed E-state index contributed by atoms with van der Waals surface area (Å²) in [7, 11) is 1.67. The topological polar surface area (TPSA) is 92.0 Å². The first-order valence-electron chi connectivity index (χ1n) is 9.40. The van der Waals surface area contributed by atoms with E-state index in [0.29, 0.717) is 17.8 Å². The summed E-state index contributed by atoms with van der Waals surface area (Å²) in [6.45, 7) is 0. The number of aromatic nitrogens is 3. The van der Waals surface area contributed by atoms with Crippen LogP contribution in [0.15, 0.2) is 36.7 Å². The summed E-state index contributed by atoms with van der Waals surface area (Å²) in [5.74, 6) is 1.60. The molecule has 6 nitrogen and oxygen atoms in total. The van der Waals surface area contributed by atoms with Crippen molar-refractivity contribution in [3.63, 3.8) is 0 Å². The molecule has 2 heterocycles. The Balaban J connectivity index is 1.65. The maximum Gasteiger partial charge on any atom is 0.226 e. The third-order valence-corrected chi connectivity index (χ3v) is 6.07. The maximum atomic E-state index is 6.04. The summed E-state index contributed by atoms with van der Waals surface area (Å²) in [6.07, 6.45) is 6.64. The molecule has 1 aliphatic rings. The molecule has 0 radical (unpaired) electrons. The minimum Gasteiger partial charge on any atom is -0.497 e. The Morgan fingerprint density at radius 1 is 1.31 bits per heavy atom. The summed E-state index contributed by atoms with van der Waals surface area (Å²) >= 11 is 11.1. The molecular weight excluding hydrogens is 406 g/mol. The molecule has 8 heteroatoms. The molecule has 1 aromatic carbocycles. The second-order valence-corrected chi connectivity index (χ2v) is 7.81. The highest BCUT2D eigenvalue weighted by molar-refractivity contribution is 7.79. The lowest BCUT2D eigenvalue weighted by Gasteiger charge is -2.16. The van der Waals surface area contributed by atoms with Crippen LogP contribution in [0.25, 0.3) is 16.6 Å². The van der Waals surface area contributed by atoms with Crippen molar-refractivity contribution in [2.75, 3.05) is 12.8 Å². The number of thiocarbonyl (C=S) groups is 1. The number of nitrogens with zero attached hydrogens (tertiary/aromatic N) is 3. The molecule has 2 aromatic heterocycles. The lowest BCUT2D eigenvalue weighted by Crippen LogP contribution is -2.06. The van der Waals surface area contributed by atoms with E-state index in [1.165, 1.54) is 11.8 Å². The largest absolute Gasteiger partial charge is 0.497 e. The molecule has 4 rings (SSSR count). The van der Waals surface area contributed by atoms with Crippen LogP contribution in [0.1, 0.15) is 42.3 Å². The molecule has 150 valence electrons. The number of allylic oxidation sites excluding steroid dienone is 1. The van der Waals surface area contributed by atoms with Crippen LogP contribution in [0.3, 0.4) is 0 Å². The normalized spacial score (nSPS) is 19.6. The third kappa shape index (κ3) is 3.68. The molecule has 2 unspecified atom stereocenters. The number of fused-ring (bicyclic) bond motifs is 1. The Kier molecular flexibility index (Phi) is 5.43. The van der Waals surface area contributed by atoms with Gasteiger partial charge in [-0.05, 0) is 66.1 Å². The van der Waals surface area contributed by atoms with Gasteiger partial charge in [-0.25, -0.2) is 4.98 Å². The molecule has 0 amide bonds. The van der Waals surface area contributed by atoms with Gasteiger partial charge < -0.3 is 20.8 Å². The number of hydrogen-bond donors (Lipinski definition) is 2. The van der Waals surface area contributed by atoms with E-state index in [0.717, 1.165) is 47.2 Å². The number of hydrogen-bond acceptors (Lipinski definition) is 6. The van der Waals surface area contributed by atoms with Crippen molar-refractivity contribution in [2.24, 2.45) is 5.73 Å². The minimum atomic E-state index is 0.170. The Labute approximate surface area is 179 Å². The van der Waals surface area contributed by atoms with Crippen molar-refractivity contribution in [3.8, 4) is 5.75 Å². The van der Waals surface area contributed by atoms with Gasteiger partial charge in [-0.3, -0.25) is 0 Å². The number of nitrogen functional groups attached to an aromatic ring is 1. The van der Waals surface area contributed by atoms with Crippen molar-refractivity contribution in [1.82, 2.24) is 14.5 Å². The van der Waals surface area contributed by atoms with Gasteiger partial charge in [0, 0.05) is 29.4 Å². The zero-order valence-corrected chi connectivity index (χ0v) is 17.6. The van der Waals surface area contributed by atoms with E-state index in [9.17, 15) is 0 Å². The van der Waals surface area contributed by atoms with E-state index < -0.39 is 0 Å². The van der Waals surface area contributed by atoms with Crippen LogP contribution in [-0.4, -0.2) is 27.0 Å². The van der Waals surface area contributed by atoms with Crippen molar-refractivity contribution in [3.05, 3.63) is 53.1 Å². The second-order valence-electron chi connectivity index (χ2n) is 7.24. The average molecular weight is 428 g/mol. The van der Waals surface area contributed by atoms with E-state index in [1.54, 1.807) is 12.5 Å². The molecule has 0 bridgehead atoms. The number of methoxy groups -OCH3 is 1. The lowest BCUT2D eigenvalue weighted by atomic mass is 9.93. The van der Waals surface area contributed by atoms with Crippen LogP contribution in [0.4, 0.5) is 5.82 Å². The van der Waals surface area contributed by atoms with Crippen LogP contribution in [-0.2, 0) is 0 Å². The first-order chi connectivity index (χ1) is 14.0.